The molecule has 5 nitrogen and oxygen atoms in total. The van der Waals surface area contributed by atoms with Crippen LogP contribution in [0.2, 0.25) is 0 Å². The molecule has 0 aromatic carbocycles. The van der Waals surface area contributed by atoms with Crippen LogP contribution in [0.1, 0.15) is 33.2 Å². The molecule has 2 heterocycles. The zero-order valence-electron chi connectivity index (χ0n) is 11.3. The molecule has 2 unspecified atom stereocenters. The molecule has 1 aromatic rings. The van der Waals surface area contributed by atoms with Crippen molar-refractivity contribution in [2.24, 2.45) is 11.8 Å². The number of carbonyl (C=O) groups is 1. The summed E-state index contributed by atoms with van der Waals surface area (Å²) in [6, 6.07) is 2.10. The molecule has 2 N–H and O–H groups in total. The van der Waals surface area contributed by atoms with Gasteiger partial charge in [-0.05, 0) is 39.3 Å². The van der Waals surface area contributed by atoms with Gasteiger partial charge in [0.15, 0.2) is 0 Å². The van der Waals surface area contributed by atoms with Gasteiger partial charge in [-0.15, -0.1) is 0 Å². The fourth-order valence-electron chi connectivity index (χ4n) is 2.45. The maximum absolute atomic E-state index is 12.3. The van der Waals surface area contributed by atoms with Crippen LogP contribution in [0.4, 0.5) is 5.82 Å². The van der Waals surface area contributed by atoms with Gasteiger partial charge < -0.3 is 10.6 Å². The average molecular weight is 250 g/mol. The van der Waals surface area contributed by atoms with E-state index in [4.69, 9.17) is 0 Å². The van der Waals surface area contributed by atoms with Crippen LogP contribution in [0, 0.1) is 11.8 Å². The normalized spacial score (nSPS) is 24.2. The summed E-state index contributed by atoms with van der Waals surface area (Å²) >= 11 is 0. The van der Waals surface area contributed by atoms with Gasteiger partial charge in [0.1, 0.15) is 5.82 Å². The number of hydrogen-bond donors (Lipinski definition) is 2. The zero-order chi connectivity index (χ0) is 13.1. The van der Waals surface area contributed by atoms with E-state index in [1.165, 1.54) is 0 Å². The molecule has 5 heteroatoms. The molecule has 1 aliphatic rings. The van der Waals surface area contributed by atoms with Crippen molar-refractivity contribution in [3.05, 3.63) is 12.3 Å². The van der Waals surface area contributed by atoms with Gasteiger partial charge in [-0.2, -0.15) is 5.10 Å². The van der Waals surface area contributed by atoms with Gasteiger partial charge in [0.25, 0.3) is 0 Å². The van der Waals surface area contributed by atoms with Crippen LogP contribution >= 0.6 is 0 Å². The molecule has 100 valence electrons. The molecule has 0 bridgehead atoms. The average Bonchev–Trinajstić information content (AvgIpc) is 2.77. The third kappa shape index (κ3) is 2.72. The maximum Gasteiger partial charge on any atom is 0.228 e. The summed E-state index contributed by atoms with van der Waals surface area (Å²) in [6.45, 7) is 8.06. The molecule has 0 radical (unpaired) electrons. The third-order valence-electron chi connectivity index (χ3n) is 3.53. The topological polar surface area (TPSA) is 59.0 Å². The molecular weight excluding hydrogens is 228 g/mol. The Labute approximate surface area is 108 Å². The summed E-state index contributed by atoms with van der Waals surface area (Å²) in [6.07, 6.45) is 2.63. The number of carbonyl (C=O) groups excluding carboxylic acids is 1. The predicted molar refractivity (Wildman–Crippen MR) is 71.4 cm³/mol. The smallest absolute Gasteiger partial charge is 0.228 e. The van der Waals surface area contributed by atoms with Gasteiger partial charge in [-0.3, -0.25) is 4.79 Å². The third-order valence-corrected chi connectivity index (χ3v) is 3.53. The number of amides is 1. The Bertz CT molecular complexity index is 413. The molecule has 1 saturated heterocycles. The number of aromatic nitrogens is 2. The predicted octanol–water partition coefficient (Wildman–Crippen LogP) is 1.65. The molecule has 1 aromatic heterocycles. The monoisotopic (exact) mass is 250 g/mol. The minimum atomic E-state index is 0.0989. The fourth-order valence-corrected chi connectivity index (χ4v) is 2.45. The standard InChI is InChI=1S/C13H22N4O/c1-9(2)17-12(5-7-15-17)16-13(18)11-4-6-14-8-10(11)3/h5,7,9-11,14H,4,6,8H2,1-3H3,(H,16,18). The highest BCUT2D eigenvalue weighted by Crippen LogP contribution is 2.21. The van der Waals surface area contributed by atoms with Gasteiger partial charge in [0, 0.05) is 18.0 Å². The number of nitrogens with zero attached hydrogens (tertiary/aromatic N) is 2. The van der Waals surface area contributed by atoms with E-state index in [1.54, 1.807) is 6.20 Å². The van der Waals surface area contributed by atoms with Crippen molar-refractivity contribution in [2.75, 3.05) is 18.4 Å². The molecule has 0 aliphatic carbocycles. The summed E-state index contributed by atoms with van der Waals surface area (Å²) in [4.78, 5) is 12.3. The van der Waals surface area contributed by atoms with E-state index < -0.39 is 0 Å². The van der Waals surface area contributed by atoms with Gasteiger partial charge in [0.2, 0.25) is 5.91 Å². The first-order chi connectivity index (χ1) is 8.59. The first-order valence-corrected chi connectivity index (χ1v) is 6.64. The number of anilines is 1. The SMILES string of the molecule is CC1CNCCC1C(=O)Nc1ccnn1C(C)C. The van der Waals surface area contributed by atoms with Crippen molar-refractivity contribution in [3.8, 4) is 0 Å². The van der Waals surface area contributed by atoms with Crippen LogP contribution in [0.3, 0.4) is 0 Å². The Kier molecular flexibility index (Phi) is 4.01. The molecule has 2 atom stereocenters. The first kappa shape index (κ1) is 13.1. The Hall–Kier alpha value is -1.36. The highest BCUT2D eigenvalue weighted by atomic mass is 16.2. The van der Waals surface area contributed by atoms with Crippen LogP contribution in [-0.2, 0) is 4.79 Å². The second-order valence-corrected chi connectivity index (χ2v) is 5.32. The van der Waals surface area contributed by atoms with Crippen LogP contribution in [0.5, 0.6) is 0 Å². The van der Waals surface area contributed by atoms with E-state index in [2.05, 4.69) is 36.5 Å². The van der Waals surface area contributed by atoms with Gasteiger partial charge in [-0.25, -0.2) is 4.68 Å². The lowest BCUT2D eigenvalue weighted by molar-refractivity contribution is -0.122. The number of nitrogens with one attached hydrogen (secondary N) is 2. The minimum Gasteiger partial charge on any atom is -0.316 e. The lowest BCUT2D eigenvalue weighted by Crippen LogP contribution is -2.41. The quantitative estimate of drug-likeness (QED) is 0.857. The summed E-state index contributed by atoms with van der Waals surface area (Å²) in [5.74, 6) is 1.39. The lowest BCUT2D eigenvalue weighted by atomic mass is 9.87. The fraction of sp³-hybridized carbons (Fsp3) is 0.692. The van der Waals surface area contributed by atoms with Gasteiger partial charge >= 0.3 is 0 Å². The van der Waals surface area contributed by atoms with Crippen LogP contribution in [-0.4, -0.2) is 28.8 Å². The first-order valence-electron chi connectivity index (χ1n) is 6.64. The summed E-state index contributed by atoms with van der Waals surface area (Å²) < 4.78 is 1.84. The van der Waals surface area contributed by atoms with Gasteiger partial charge in [-0.1, -0.05) is 6.92 Å². The molecule has 1 fully saturated rings. The van der Waals surface area contributed by atoms with E-state index >= 15 is 0 Å². The highest BCUT2D eigenvalue weighted by Gasteiger charge is 2.28. The van der Waals surface area contributed by atoms with E-state index in [9.17, 15) is 4.79 Å². The van der Waals surface area contributed by atoms with E-state index in [0.29, 0.717) is 5.92 Å². The number of hydrogen-bond acceptors (Lipinski definition) is 3. The summed E-state index contributed by atoms with van der Waals surface area (Å²) in [5.41, 5.74) is 0. The van der Waals surface area contributed by atoms with Crippen molar-refractivity contribution in [3.63, 3.8) is 0 Å². The van der Waals surface area contributed by atoms with Gasteiger partial charge in [0.05, 0.1) is 6.20 Å². The molecular formula is C13H22N4O. The second-order valence-electron chi connectivity index (χ2n) is 5.32. The zero-order valence-corrected chi connectivity index (χ0v) is 11.3. The second kappa shape index (κ2) is 5.52. The molecule has 2 rings (SSSR count). The number of rotatable bonds is 3. The maximum atomic E-state index is 12.3. The van der Waals surface area contributed by atoms with Crippen molar-refractivity contribution in [1.82, 2.24) is 15.1 Å². The van der Waals surface area contributed by atoms with Crippen LogP contribution < -0.4 is 10.6 Å². The Balaban J connectivity index is 2.04. The van der Waals surface area contributed by atoms with E-state index in [0.717, 1.165) is 25.3 Å². The van der Waals surface area contributed by atoms with Crippen molar-refractivity contribution in [1.29, 1.82) is 0 Å². The lowest BCUT2D eigenvalue weighted by Gasteiger charge is -2.28. The van der Waals surface area contributed by atoms with Crippen molar-refractivity contribution < 1.29 is 4.79 Å². The van der Waals surface area contributed by atoms with Crippen LogP contribution in [0.25, 0.3) is 0 Å². The molecule has 18 heavy (non-hydrogen) atoms. The van der Waals surface area contributed by atoms with Crippen molar-refractivity contribution in [2.45, 2.75) is 33.2 Å². The minimum absolute atomic E-state index is 0.0989. The molecule has 1 aliphatic heterocycles. The Morgan fingerprint density at radius 2 is 2.39 bits per heavy atom. The highest BCUT2D eigenvalue weighted by molar-refractivity contribution is 5.92. The van der Waals surface area contributed by atoms with Crippen molar-refractivity contribution >= 4 is 11.7 Å². The molecule has 1 amide bonds. The van der Waals surface area contributed by atoms with E-state index in [1.807, 2.05) is 10.7 Å². The number of piperidine rings is 1. The largest absolute Gasteiger partial charge is 0.316 e. The molecule has 0 saturated carbocycles. The summed E-state index contributed by atoms with van der Waals surface area (Å²) in [5, 5.41) is 10.5. The van der Waals surface area contributed by atoms with Crippen LogP contribution in [0.15, 0.2) is 12.3 Å². The molecule has 0 spiro atoms. The van der Waals surface area contributed by atoms with E-state index in [-0.39, 0.29) is 17.9 Å². The Morgan fingerprint density at radius 3 is 3.06 bits per heavy atom. The summed E-state index contributed by atoms with van der Waals surface area (Å²) in [7, 11) is 0. The Morgan fingerprint density at radius 1 is 1.61 bits per heavy atom.